The molecule has 1 N–H and O–H groups in total. The summed E-state index contributed by atoms with van der Waals surface area (Å²) in [6, 6.07) is 0.170. The molecule has 3 rings (SSSR count). The van der Waals surface area contributed by atoms with E-state index in [9.17, 15) is 0 Å². The number of hydrogen-bond donors (Lipinski definition) is 1. The second-order valence-electron chi connectivity index (χ2n) is 6.55. The zero-order valence-corrected chi connectivity index (χ0v) is 16.1. The predicted molar refractivity (Wildman–Crippen MR) is 100 cm³/mol. The van der Waals surface area contributed by atoms with Crippen LogP contribution in [0.5, 0.6) is 0 Å². The first kappa shape index (κ1) is 18.7. The van der Waals surface area contributed by atoms with Crippen LogP contribution in [0.3, 0.4) is 0 Å². The molecule has 142 valence electrons. The average Bonchev–Trinajstić information content (AvgIpc) is 3.11. The van der Waals surface area contributed by atoms with Gasteiger partial charge in [-0.3, -0.25) is 9.58 Å². The highest BCUT2D eigenvalue weighted by Crippen LogP contribution is 2.29. The molecule has 2 aromatic rings. The average molecular weight is 359 g/mol. The smallest absolute Gasteiger partial charge is 0.243 e. The highest BCUT2D eigenvalue weighted by atomic mass is 16.5. The molecule has 8 nitrogen and oxygen atoms in total. The van der Waals surface area contributed by atoms with E-state index in [1.165, 1.54) is 5.56 Å². The molecule has 1 aliphatic heterocycles. The molecule has 2 atom stereocenters. The van der Waals surface area contributed by atoms with E-state index in [4.69, 9.17) is 4.74 Å². The lowest BCUT2D eigenvalue weighted by Gasteiger charge is -2.40. The Hall–Kier alpha value is -2.06. The number of aryl methyl sites for hydroxylation is 3. The predicted octanol–water partition coefficient (Wildman–Crippen LogP) is 1.60. The molecule has 0 amide bonds. The van der Waals surface area contributed by atoms with Crippen molar-refractivity contribution in [3.8, 4) is 0 Å². The van der Waals surface area contributed by atoms with Gasteiger partial charge in [-0.2, -0.15) is 10.2 Å². The number of anilines is 1. The summed E-state index contributed by atoms with van der Waals surface area (Å²) in [5.41, 5.74) is 3.15. The second-order valence-corrected chi connectivity index (χ2v) is 6.55. The van der Waals surface area contributed by atoms with E-state index in [0.29, 0.717) is 12.5 Å². The van der Waals surface area contributed by atoms with Gasteiger partial charge in [0.05, 0.1) is 36.3 Å². The number of nitrogens with one attached hydrogen (secondary N) is 1. The summed E-state index contributed by atoms with van der Waals surface area (Å²) >= 11 is 0. The molecule has 0 radical (unpaired) electrons. The van der Waals surface area contributed by atoms with Crippen LogP contribution in [-0.2, 0) is 24.6 Å². The van der Waals surface area contributed by atoms with Crippen molar-refractivity contribution in [1.82, 2.24) is 29.9 Å². The molecule has 0 aromatic carbocycles. The molecule has 0 spiro atoms. The van der Waals surface area contributed by atoms with Gasteiger partial charge in [-0.1, -0.05) is 20.8 Å². The maximum absolute atomic E-state index is 6.09. The first-order chi connectivity index (χ1) is 12.7. The number of likely N-dealkylation sites (N-methyl/N-ethyl adjacent to an activating group) is 1. The third kappa shape index (κ3) is 4.02. The first-order valence-corrected chi connectivity index (χ1v) is 9.46. The summed E-state index contributed by atoms with van der Waals surface area (Å²) < 4.78 is 7.93. The summed E-state index contributed by atoms with van der Waals surface area (Å²) in [5.74, 6) is 0.571. The van der Waals surface area contributed by atoms with E-state index in [1.807, 2.05) is 17.9 Å². The lowest BCUT2D eigenvalue weighted by atomic mass is 10.0. The Balaban J connectivity index is 1.74. The van der Waals surface area contributed by atoms with Crippen molar-refractivity contribution in [2.45, 2.75) is 45.8 Å². The fraction of sp³-hybridized carbons (Fsp3) is 0.667. The molecule has 2 aromatic heterocycles. The lowest BCUT2D eigenvalue weighted by Crippen LogP contribution is -2.47. The van der Waals surface area contributed by atoms with Gasteiger partial charge in [0, 0.05) is 31.9 Å². The summed E-state index contributed by atoms with van der Waals surface area (Å²) in [6.45, 7) is 9.61. The fourth-order valence-electron chi connectivity index (χ4n) is 3.54. The van der Waals surface area contributed by atoms with Gasteiger partial charge >= 0.3 is 0 Å². The zero-order chi connectivity index (χ0) is 18.5. The standard InChI is InChI=1S/C18H29N7O/c1-5-14-15(6-2)22-23-18(21-14)19-11-16-17(13-10-20-24(4)12-13)25(7-3)8-9-26-16/h10,12,16-17H,5-9,11H2,1-4H3,(H,19,21,23)/t16-,17-/m0/s1. The molecular weight excluding hydrogens is 330 g/mol. The van der Waals surface area contributed by atoms with Crippen molar-refractivity contribution >= 4 is 5.95 Å². The number of morpholine rings is 1. The van der Waals surface area contributed by atoms with Crippen molar-refractivity contribution < 1.29 is 4.74 Å². The zero-order valence-electron chi connectivity index (χ0n) is 16.1. The third-order valence-corrected chi connectivity index (χ3v) is 4.90. The van der Waals surface area contributed by atoms with E-state index in [1.54, 1.807) is 0 Å². The van der Waals surface area contributed by atoms with Crippen LogP contribution in [0.2, 0.25) is 0 Å². The van der Waals surface area contributed by atoms with Crippen LogP contribution in [0, 0.1) is 0 Å². The number of aromatic nitrogens is 5. The van der Waals surface area contributed by atoms with Gasteiger partial charge in [0.2, 0.25) is 5.95 Å². The Labute approximate surface area is 155 Å². The van der Waals surface area contributed by atoms with Gasteiger partial charge < -0.3 is 10.1 Å². The van der Waals surface area contributed by atoms with Gasteiger partial charge in [0.1, 0.15) is 0 Å². The van der Waals surface area contributed by atoms with Crippen LogP contribution in [0.1, 0.15) is 43.8 Å². The van der Waals surface area contributed by atoms with Gasteiger partial charge in [-0.25, -0.2) is 4.98 Å². The SMILES string of the molecule is CCc1nnc(NC[C@@H]2OCCN(CC)[C@H]2c2cnn(C)c2)nc1CC. The highest BCUT2D eigenvalue weighted by Gasteiger charge is 2.33. The summed E-state index contributed by atoms with van der Waals surface area (Å²) in [5, 5.41) is 16.2. The Morgan fingerprint density at radius 1 is 1.19 bits per heavy atom. The minimum Gasteiger partial charge on any atom is -0.373 e. The fourth-order valence-corrected chi connectivity index (χ4v) is 3.54. The summed E-state index contributed by atoms with van der Waals surface area (Å²) in [6.07, 6.45) is 5.71. The van der Waals surface area contributed by atoms with Gasteiger partial charge in [0.25, 0.3) is 0 Å². The van der Waals surface area contributed by atoms with E-state index in [-0.39, 0.29) is 12.1 Å². The molecule has 1 aliphatic rings. The molecule has 26 heavy (non-hydrogen) atoms. The number of nitrogens with zero attached hydrogens (tertiary/aromatic N) is 6. The Bertz CT molecular complexity index is 717. The van der Waals surface area contributed by atoms with E-state index >= 15 is 0 Å². The third-order valence-electron chi connectivity index (χ3n) is 4.90. The van der Waals surface area contributed by atoms with Crippen molar-refractivity contribution in [3.05, 3.63) is 29.3 Å². The Morgan fingerprint density at radius 2 is 2.00 bits per heavy atom. The van der Waals surface area contributed by atoms with Crippen molar-refractivity contribution in [2.75, 3.05) is 31.6 Å². The molecule has 8 heteroatoms. The Morgan fingerprint density at radius 3 is 2.65 bits per heavy atom. The number of ether oxygens (including phenoxy) is 1. The van der Waals surface area contributed by atoms with Crippen LogP contribution >= 0.6 is 0 Å². The van der Waals surface area contributed by atoms with Crippen LogP contribution in [0.25, 0.3) is 0 Å². The monoisotopic (exact) mass is 359 g/mol. The first-order valence-electron chi connectivity index (χ1n) is 9.46. The van der Waals surface area contributed by atoms with E-state index in [2.05, 4.69) is 57.5 Å². The Kier molecular flexibility index (Phi) is 6.16. The minimum absolute atomic E-state index is 0.00688. The molecule has 3 heterocycles. The molecule has 0 saturated carbocycles. The van der Waals surface area contributed by atoms with E-state index < -0.39 is 0 Å². The molecule has 0 aliphatic carbocycles. The highest BCUT2D eigenvalue weighted by molar-refractivity contribution is 5.27. The van der Waals surface area contributed by atoms with Crippen LogP contribution in [-0.4, -0.2) is 62.2 Å². The van der Waals surface area contributed by atoms with Crippen LogP contribution in [0.4, 0.5) is 5.95 Å². The van der Waals surface area contributed by atoms with Crippen LogP contribution in [0.15, 0.2) is 12.4 Å². The number of hydrogen-bond acceptors (Lipinski definition) is 7. The topological polar surface area (TPSA) is 81.0 Å². The maximum Gasteiger partial charge on any atom is 0.243 e. The molecule has 0 unspecified atom stereocenters. The lowest BCUT2D eigenvalue weighted by molar-refractivity contribution is -0.0640. The molecule has 1 saturated heterocycles. The maximum atomic E-state index is 6.09. The molecular formula is C18H29N7O. The number of rotatable bonds is 7. The normalized spacial score (nSPS) is 21.1. The largest absolute Gasteiger partial charge is 0.373 e. The molecule has 1 fully saturated rings. The quantitative estimate of drug-likeness (QED) is 0.804. The van der Waals surface area contributed by atoms with Gasteiger partial charge in [-0.15, -0.1) is 5.10 Å². The van der Waals surface area contributed by atoms with Crippen molar-refractivity contribution in [1.29, 1.82) is 0 Å². The van der Waals surface area contributed by atoms with Gasteiger partial charge in [-0.05, 0) is 19.4 Å². The summed E-state index contributed by atoms with van der Waals surface area (Å²) in [4.78, 5) is 7.05. The summed E-state index contributed by atoms with van der Waals surface area (Å²) in [7, 11) is 1.94. The van der Waals surface area contributed by atoms with Crippen LogP contribution < -0.4 is 5.32 Å². The minimum atomic E-state index is 0.00688. The van der Waals surface area contributed by atoms with Crippen molar-refractivity contribution in [2.24, 2.45) is 7.05 Å². The molecule has 0 bridgehead atoms. The van der Waals surface area contributed by atoms with Crippen molar-refractivity contribution in [3.63, 3.8) is 0 Å². The second kappa shape index (κ2) is 8.55. The van der Waals surface area contributed by atoms with E-state index in [0.717, 1.165) is 43.9 Å². The van der Waals surface area contributed by atoms with Gasteiger partial charge in [0.15, 0.2) is 0 Å².